The Morgan fingerprint density at radius 1 is 1.53 bits per heavy atom. The van der Waals surface area contributed by atoms with Crippen molar-refractivity contribution in [3.05, 3.63) is 0 Å². The van der Waals surface area contributed by atoms with Crippen molar-refractivity contribution in [3.8, 4) is 6.07 Å². The summed E-state index contributed by atoms with van der Waals surface area (Å²) in [6.07, 6.45) is 1.52. The summed E-state index contributed by atoms with van der Waals surface area (Å²) in [6.45, 7) is 4.40. The second-order valence-corrected chi connectivity index (χ2v) is 5.42. The van der Waals surface area contributed by atoms with E-state index in [0.29, 0.717) is 32.5 Å². The van der Waals surface area contributed by atoms with Gasteiger partial charge in [0.2, 0.25) is 11.8 Å². The molecule has 0 saturated carbocycles. The van der Waals surface area contributed by atoms with Gasteiger partial charge < -0.3 is 15.5 Å². The van der Waals surface area contributed by atoms with E-state index in [9.17, 15) is 9.59 Å². The van der Waals surface area contributed by atoms with E-state index >= 15 is 0 Å². The van der Waals surface area contributed by atoms with E-state index < -0.39 is 5.41 Å². The Balaban J connectivity index is 2.33. The molecule has 106 valence electrons. The molecule has 19 heavy (non-hydrogen) atoms. The van der Waals surface area contributed by atoms with Crippen LogP contribution >= 0.6 is 0 Å². The molecule has 0 aromatic heterocycles. The third-order valence-corrected chi connectivity index (χ3v) is 3.77. The molecule has 1 atom stereocenters. The number of rotatable bonds is 6. The lowest BCUT2D eigenvalue weighted by molar-refractivity contribution is -0.130. The molecule has 1 aliphatic heterocycles. The number of primary amides is 1. The number of carbonyl (C=O) groups is 2. The van der Waals surface area contributed by atoms with Gasteiger partial charge in [0, 0.05) is 33.1 Å². The van der Waals surface area contributed by atoms with Gasteiger partial charge in [-0.3, -0.25) is 9.59 Å². The van der Waals surface area contributed by atoms with Gasteiger partial charge in [0.15, 0.2) is 0 Å². The van der Waals surface area contributed by atoms with Crippen molar-refractivity contribution in [2.45, 2.75) is 26.2 Å². The standard InChI is InChI=1S/C13H22N4O2/c1-13(12(15)19)5-9-17(10-13)8-4-11(18)16(2)7-3-6-14/h3-5,7-10H2,1-2H3,(H2,15,19). The summed E-state index contributed by atoms with van der Waals surface area (Å²) >= 11 is 0. The average molecular weight is 266 g/mol. The lowest BCUT2D eigenvalue weighted by Crippen LogP contribution is -2.38. The maximum absolute atomic E-state index is 11.8. The second-order valence-electron chi connectivity index (χ2n) is 5.42. The summed E-state index contributed by atoms with van der Waals surface area (Å²) in [5.41, 5.74) is 4.92. The summed E-state index contributed by atoms with van der Waals surface area (Å²) in [6, 6.07) is 2.02. The minimum atomic E-state index is -0.463. The van der Waals surface area contributed by atoms with E-state index in [-0.39, 0.29) is 11.8 Å². The van der Waals surface area contributed by atoms with E-state index in [1.165, 1.54) is 0 Å². The van der Waals surface area contributed by atoms with Gasteiger partial charge in [-0.25, -0.2) is 0 Å². The molecule has 0 bridgehead atoms. The molecule has 1 unspecified atom stereocenters. The van der Waals surface area contributed by atoms with E-state index in [1.807, 2.05) is 13.0 Å². The van der Waals surface area contributed by atoms with Gasteiger partial charge in [0.1, 0.15) is 0 Å². The first-order valence-electron chi connectivity index (χ1n) is 6.52. The van der Waals surface area contributed by atoms with Crippen LogP contribution in [0.2, 0.25) is 0 Å². The fraction of sp³-hybridized carbons (Fsp3) is 0.769. The zero-order chi connectivity index (χ0) is 14.5. The molecule has 0 aromatic carbocycles. The summed E-state index contributed by atoms with van der Waals surface area (Å²) in [5, 5.41) is 8.47. The van der Waals surface area contributed by atoms with Gasteiger partial charge in [-0.05, 0) is 19.9 Å². The molecule has 0 radical (unpaired) electrons. The predicted molar refractivity (Wildman–Crippen MR) is 70.8 cm³/mol. The Hall–Kier alpha value is -1.61. The highest BCUT2D eigenvalue weighted by atomic mass is 16.2. The maximum atomic E-state index is 11.8. The molecule has 2 amide bonds. The summed E-state index contributed by atoms with van der Waals surface area (Å²) < 4.78 is 0. The van der Waals surface area contributed by atoms with Gasteiger partial charge >= 0.3 is 0 Å². The fourth-order valence-electron chi connectivity index (χ4n) is 2.24. The van der Waals surface area contributed by atoms with Gasteiger partial charge in [-0.2, -0.15) is 5.26 Å². The first-order valence-corrected chi connectivity index (χ1v) is 6.52. The first kappa shape index (κ1) is 15.4. The van der Waals surface area contributed by atoms with Crippen molar-refractivity contribution in [3.63, 3.8) is 0 Å². The predicted octanol–water partition coefficient (Wildman–Crippen LogP) is -0.0541. The topological polar surface area (TPSA) is 90.4 Å². The largest absolute Gasteiger partial charge is 0.369 e. The minimum absolute atomic E-state index is 0.0305. The van der Waals surface area contributed by atoms with Crippen LogP contribution in [-0.4, -0.2) is 54.8 Å². The van der Waals surface area contributed by atoms with Crippen LogP contribution in [0, 0.1) is 16.7 Å². The smallest absolute Gasteiger partial charge is 0.224 e. The summed E-state index contributed by atoms with van der Waals surface area (Å²) in [4.78, 5) is 26.8. The minimum Gasteiger partial charge on any atom is -0.369 e. The van der Waals surface area contributed by atoms with Gasteiger partial charge in [0.25, 0.3) is 0 Å². The zero-order valence-electron chi connectivity index (χ0n) is 11.7. The van der Waals surface area contributed by atoms with E-state index in [1.54, 1.807) is 11.9 Å². The number of likely N-dealkylation sites (tertiary alicyclic amines) is 1. The quantitative estimate of drug-likeness (QED) is 0.729. The van der Waals surface area contributed by atoms with Crippen molar-refractivity contribution in [1.82, 2.24) is 9.80 Å². The number of hydrogen-bond acceptors (Lipinski definition) is 4. The molecule has 0 aliphatic carbocycles. The molecule has 1 saturated heterocycles. The summed E-state index contributed by atoms with van der Waals surface area (Å²) in [5.74, 6) is -0.240. The SMILES string of the molecule is CN(CCC#N)C(=O)CCN1CCC(C)(C(N)=O)C1. The Morgan fingerprint density at radius 3 is 2.74 bits per heavy atom. The van der Waals surface area contributed by atoms with Crippen LogP contribution < -0.4 is 5.73 Å². The lowest BCUT2D eigenvalue weighted by atomic mass is 9.89. The molecule has 1 aliphatic rings. The second kappa shape index (κ2) is 6.53. The summed E-state index contributed by atoms with van der Waals surface area (Å²) in [7, 11) is 1.71. The van der Waals surface area contributed by atoms with Crippen molar-refractivity contribution >= 4 is 11.8 Å². The average Bonchev–Trinajstić information content (AvgIpc) is 2.76. The molecule has 1 fully saturated rings. The highest BCUT2D eigenvalue weighted by Crippen LogP contribution is 2.29. The normalized spacial score (nSPS) is 23.0. The van der Waals surface area contributed by atoms with E-state index in [0.717, 1.165) is 13.0 Å². The monoisotopic (exact) mass is 266 g/mol. The molecule has 2 N–H and O–H groups in total. The van der Waals surface area contributed by atoms with Gasteiger partial charge in [-0.15, -0.1) is 0 Å². The van der Waals surface area contributed by atoms with Crippen LogP contribution in [-0.2, 0) is 9.59 Å². The Bertz CT molecular complexity index is 391. The number of carbonyl (C=O) groups excluding carboxylic acids is 2. The Labute approximate surface area is 114 Å². The first-order chi connectivity index (χ1) is 8.89. The van der Waals surface area contributed by atoms with E-state index in [4.69, 9.17) is 11.0 Å². The maximum Gasteiger partial charge on any atom is 0.224 e. The zero-order valence-corrected chi connectivity index (χ0v) is 11.7. The molecule has 1 rings (SSSR count). The molecule has 6 heteroatoms. The Kier molecular flexibility index (Phi) is 5.31. The molecule has 1 heterocycles. The number of nitrogens with zero attached hydrogens (tertiary/aromatic N) is 3. The highest BCUT2D eigenvalue weighted by molar-refractivity contribution is 5.81. The third kappa shape index (κ3) is 4.21. The molecular formula is C13H22N4O2. The number of amides is 2. The molecule has 0 spiro atoms. The fourth-order valence-corrected chi connectivity index (χ4v) is 2.24. The van der Waals surface area contributed by atoms with Crippen LogP contribution in [0.5, 0.6) is 0 Å². The third-order valence-electron chi connectivity index (χ3n) is 3.77. The molecular weight excluding hydrogens is 244 g/mol. The van der Waals surface area contributed by atoms with Crippen LogP contribution in [0.15, 0.2) is 0 Å². The van der Waals surface area contributed by atoms with Crippen molar-refractivity contribution < 1.29 is 9.59 Å². The molecule has 6 nitrogen and oxygen atoms in total. The van der Waals surface area contributed by atoms with Crippen molar-refractivity contribution in [2.24, 2.45) is 11.1 Å². The van der Waals surface area contributed by atoms with Crippen LogP contribution in [0.4, 0.5) is 0 Å². The number of nitrogens with two attached hydrogens (primary N) is 1. The van der Waals surface area contributed by atoms with Crippen LogP contribution in [0.3, 0.4) is 0 Å². The molecule has 0 aromatic rings. The van der Waals surface area contributed by atoms with Crippen LogP contribution in [0.25, 0.3) is 0 Å². The Morgan fingerprint density at radius 2 is 2.21 bits per heavy atom. The van der Waals surface area contributed by atoms with E-state index in [2.05, 4.69) is 4.90 Å². The number of nitriles is 1. The lowest BCUT2D eigenvalue weighted by Gasteiger charge is -2.22. The van der Waals surface area contributed by atoms with Crippen LogP contribution in [0.1, 0.15) is 26.2 Å². The highest BCUT2D eigenvalue weighted by Gasteiger charge is 2.38. The number of hydrogen-bond donors (Lipinski definition) is 1. The van der Waals surface area contributed by atoms with Crippen molar-refractivity contribution in [1.29, 1.82) is 5.26 Å². The van der Waals surface area contributed by atoms with Gasteiger partial charge in [-0.1, -0.05) is 0 Å². The van der Waals surface area contributed by atoms with Crippen molar-refractivity contribution in [2.75, 3.05) is 33.2 Å². The van der Waals surface area contributed by atoms with Gasteiger partial charge in [0.05, 0.1) is 17.9 Å².